The summed E-state index contributed by atoms with van der Waals surface area (Å²) >= 11 is 7.77. The van der Waals surface area contributed by atoms with Crippen LogP contribution < -0.4 is 4.90 Å². The third-order valence-corrected chi connectivity index (χ3v) is 4.16. The molecule has 1 saturated heterocycles. The van der Waals surface area contributed by atoms with Crippen LogP contribution in [0.3, 0.4) is 0 Å². The third kappa shape index (κ3) is 2.52. The second kappa shape index (κ2) is 5.02. The van der Waals surface area contributed by atoms with Crippen LogP contribution in [0.4, 0.5) is 5.69 Å². The molecule has 1 atom stereocenters. The van der Waals surface area contributed by atoms with Crippen molar-refractivity contribution in [1.29, 1.82) is 0 Å². The number of anilines is 1. The second-order valence-electron chi connectivity index (χ2n) is 4.65. The summed E-state index contributed by atoms with van der Waals surface area (Å²) in [5.74, 6) is 1.38. The molecule has 1 amide bonds. The Morgan fingerprint density at radius 3 is 2.47 bits per heavy atom. The van der Waals surface area contributed by atoms with Gasteiger partial charge in [0.2, 0.25) is 5.91 Å². The van der Waals surface area contributed by atoms with Crippen molar-refractivity contribution >= 4 is 40.2 Å². The molecular weight excluding hydrogens is 298 g/mol. The Balaban J connectivity index is 2.38. The minimum atomic E-state index is 0.220. The average Bonchev–Trinajstić information content (AvgIpc) is 2.59. The van der Waals surface area contributed by atoms with E-state index in [4.69, 9.17) is 0 Å². The van der Waals surface area contributed by atoms with Gasteiger partial charge in [0.1, 0.15) is 0 Å². The van der Waals surface area contributed by atoms with Crippen molar-refractivity contribution in [2.45, 2.75) is 20.3 Å². The molecule has 0 aromatic heterocycles. The first-order valence-corrected chi connectivity index (χ1v) is 7.13. The standard InChI is InChI=1S/C13H16BrNOS/c1-8-3-11(14)4-9(2)13(8)15-6-10(7-17)5-12(15)16/h3-4,10,17H,5-7H2,1-2H3. The zero-order chi connectivity index (χ0) is 12.6. The summed E-state index contributed by atoms with van der Waals surface area (Å²) in [7, 11) is 0. The van der Waals surface area contributed by atoms with E-state index in [9.17, 15) is 4.79 Å². The molecular formula is C13H16BrNOS. The molecule has 0 saturated carbocycles. The van der Waals surface area contributed by atoms with E-state index >= 15 is 0 Å². The lowest BCUT2D eigenvalue weighted by molar-refractivity contribution is -0.117. The zero-order valence-corrected chi connectivity index (χ0v) is 12.5. The number of hydrogen-bond donors (Lipinski definition) is 1. The molecule has 1 fully saturated rings. The average molecular weight is 314 g/mol. The highest BCUT2D eigenvalue weighted by molar-refractivity contribution is 9.10. The molecule has 1 aromatic carbocycles. The highest BCUT2D eigenvalue weighted by Gasteiger charge is 2.31. The lowest BCUT2D eigenvalue weighted by Crippen LogP contribution is -2.26. The Morgan fingerprint density at radius 1 is 1.41 bits per heavy atom. The Bertz CT molecular complexity index is 438. The summed E-state index contributed by atoms with van der Waals surface area (Å²) in [6.45, 7) is 4.90. The number of aryl methyl sites for hydroxylation is 2. The topological polar surface area (TPSA) is 20.3 Å². The Morgan fingerprint density at radius 2 is 2.00 bits per heavy atom. The Kier molecular flexibility index (Phi) is 3.83. The maximum absolute atomic E-state index is 12.0. The van der Waals surface area contributed by atoms with E-state index in [1.165, 1.54) is 0 Å². The molecule has 92 valence electrons. The molecule has 2 nitrogen and oxygen atoms in total. The number of carbonyl (C=O) groups excluding carboxylic acids is 1. The highest BCUT2D eigenvalue weighted by Crippen LogP contribution is 2.33. The van der Waals surface area contributed by atoms with Crippen LogP contribution >= 0.6 is 28.6 Å². The highest BCUT2D eigenvalue weighted by atomic mass is 79.9. The molecule has 0 bridgehead atoms. The number of halogens is 1. The molecule has 1 aromatic rings. The van der Waals surface area contributed by atoms with Gasteiger partial charge in [-0.25, -0.2) is 0 Å². The minimum Gasteiger partial charge on any atom is -0.312 e. The maximum atomic E-state index is 12.0. The van der Waals surface area contributed by atoms with Crippen molar-refractivity contribution in [3.8, 4) is 0 Å². The van der Waals surface area contributed by atoms with E-state index in [0.717, 1.165) is 33.6 Å². The van der Waals surface area contributed by atoms with Gasteiger partial charge < -0.3 is 4.90 Å². The number of nitrogens with zero attached hydrogens (tertiary/aromatic N) is 1. The van der Waals surface area contributed by atoms with Crippen molar-refractivity contribution in [1.82, 2.24) is 0 Å². The quantitative estimate of drug-likeness (QED) is 0.830. The molecule has 0 aliphatic carbocycles. The number of rotatable bonds is 2. The van der Waals surface area contributed by atoms with Gasteiger partial charge in [0, 0.05) is 23.1 Å². The predicted molar refractivity (Wildman–Crippen MR) is 77.9 cm³/mol. The lowest BCUT2D eigenvalue weighted by atomic mass is 10.1. The Hall–Kier alpha value is -0.480. The van der Waals surface area contributed by atoms with Crippen molar-refractivity contribution in [2.75, 3.05) is 17.2 Å². The summed E-state index contributed by atoms with van der Waals surface area (Å²) < 4.78 is 1.06. The molecule has 1 unspecified atom stereocenters. The molecule has 1 heterocycles. The SMILES string of the molecule is Cc1cc(Br)cc(C)c1N1CC(CS)CC1=O. The van der Waals surface area contributed by atoms with Gasteiger partial charge in [0.05, 0.1) is 0 Å². The van der Waals surface area contributed by atoms with Crippen LogP contribution in [0.25, 0.3) is 0 Å². The third-order valence-electron chi connectivity index (χ3n) is 3.19. The fourth-order valence-electron chi connectivity index (χ4n) is 2.45. The van der Waals surface area contributed by atoms with Crippen molar-refractivity contribution < 1.29 is 4.79 Å². The van der Waals surface area contributed by atoms with E-state index in [2.05, 4.69) is 40.7 Å². The monoisotopic (exact) mass is 313 g/mol. The molecule has 1 aliphatic rings. The van der Waals surface area contributed by atoms with Crippen LogP contribution in [0.15, 0.2) is 16.6 Å². The summed E-state index contributed by atoms with van der Waals surface area (Å²) in [6.07, 6.45) is 0.623. The molecule has 2 rings (SSSR count). The molecule has 4 heteroatoms. The van der Waals surface area contributed by atoms with Gasteiger partial charge in [-0.1, -0.05) is 15.9 Å². The van der Waals surface area contributed by atoms with Crippen LogP contribution in [0.1, 0.15) is 17.5 Å². The van der Waals surface area contributed by atoms with Gasteiger partial charge in [-0.2, -0.15) is 12.6 Å². The van der Waals surface area contributed by atoms with E-state index in [-0.39, 0.29) is 5.91 Å². The van der Waals surface area contributed by atoms with Gasteiger partial charge in [0.25, 0.3) is 0 Å². The number of thiol groups is 1. The first-order valence-electron chi connectivity index (χ1n) is 5.71. The summed E-state index contributed by atoms with van der Waals surface area (Å²) in [4.78, 5) is 13.9. The van der Waals surface area contributed by atoms with Gasteiger partial charge in [-0.05, 0) is 48.8 Å². The number of hydrogen-bond acceptors (Lipinski definition) is 2. The van der Waals surface area contributed by atoms with Gasteiger partial charge in [-0.3, -0.25) is 4.79 Å². The first kappa shape index (κ1) is 13.0. The fourth-order valence-corrected chi connectivity index (χ4v) is 3.38. The minimum absolute atomic E-state index is 0.220. The van der Waals surface area contributed by atoms with E-state index in [1.807, 2.05) is 18.7 Å². The number of benzene rings is 1. The summed E-state index contributed by atoms with van der Waals surface area (Å²) in [5.41, 5.74) is 3.36. The molecule has 17 heavy (non-hydrogen) atoms. The van der Waals surface area contributed by atoms with Crippen LogP contribution in [0, 0.1) is 19.8 Å². The van der Waals surface area contributed by atoms with Gasteiger partial charge in [-0.15, -0.1) is 0 Å². The smallest absolute Gasteiger partial charge is 0.227 e. The summed E-state index contributed by atoms with van der Waals surface area (Å²) in [5, 5.41) is 0. The van der Waals surface area contributed by atoms with Crippen LogP contribution in [0.5, 0.6) is 0 Å². The predicted octanol–water partition coefficient (Wildman–Crippen LogP) is 3.35. The number of amides is 1. The molecule has 0 N–H and O–H groups in total. The lowest BCUT2D eigenvalue weighted by Gasteiger charge is -2.21. The van der Waals surface area contributed by atoms with Crippen LogP contribution in [-0.4, -0.2) is 18.2 Å². The van der Waals surface area contributed by atoms with Crippen molar-refractivity contribution in [3.05, 3.63) is 27.7 Å². The normalized spacial score (nSPS) is 20.1. The van der Waals surface area contributed by atoms with E-state index < -0.39 is 0 Å². The molecule has 0 radical (unpaired) electrons. The van der Waals surface area contributed by atoms with E-state index in [1.54, 1.807) is 0 Å². The van der Waals surface area contributed by atoms with Crippen molar-refractivity contribution in [2.24, 2.45) is 5.92 Å². The van der Waals surface area contributed by atoms with Crippen LogP contribution in [0.2, 0.25) is 0 Å². The molecule has 0 spiro atoms. The van der Waals surface area contributed by atoms with Gasteiger partial charge >= 0.3 is 0 Å². The first-order chi connectivity index (χ1) is 8.02. The maximum Gasteiger partial charge on any atom is 0.227 e. The molecule has 1 aliphatic heterocycles. The largest absolute Gasteiger partial charge is 0.312 e. The van der Waals surface area contributed by atoms with Gasteiger partial charge in [0.15, 0.2) is 0 Å². The summed E-state index contributed by atoms with van der Waals surface area (Å²) in [6, 6.07) is 4.12. The fraction of sp³-hybridized carbons (Fsp3) is 0.462. The number of carbonyl (C=O) groups is 1. The Labute approximate surface area is 116 Å². The second-order valence-corrected chi connectivity index (χ2v) is 5.93. The van der Waals surface area contributed by atoms with Crippen molar-refractivity contribution in [3.63, 3.8) is 0 Å². The van der Waals surface area contributed by atoms with Crippen LogP contribution in [-0.2, 0) is 4.79 Å². The zero-order valence-electron chi connectivity index (χ0n) is 10.0. The van der Waals surface area contributed by atoms with E-state index in [0.29, 0.717) is 12.3 Å².